The Bertz CT molecular complexity index is 363. The van der Waals surface area contributed by atoms with Gasteiger partial charge in [-0.25, -0.2) is 0 Å². The molecule has 1 heterocycles. The summed E-state index contributed by atoms with van der Waals surface area (Å²) < 4.78 is 5.39. The van der Waals surface area contributed by atoms with E-state index < -0.39 is 0 Å². The molecule has 0 aliphatic carbocycles. The summed E-state index contributed by atoms with van der Waals surface area (Å²) in [6.07, 6.45) is 1.24. The molecule has 0 radical (unpaired) electrons. The van der Waals surface area contributed by atoms with Gasteiger partial charge in [-0.15, -0.1) is 0 Å². The van der Waals surface area contributed by atoms with Crippen molar-refractivity contribution >= 4 is 0 Å². The Hall–Kier alpha value is -1.02. The van der Waals surface area contributed by atoms with E-state index in [0.29, 0.717) is 6.04 Å². The summed E-state index contributed by atoms with van der Waals surface area (Å²) in [5.74, 6) is 1.81. The summed E-state index contributed by atoms with van der Waals surface area (Å²) >= 11 is 0. The van der Waals surface area contributed by atoms with Crippen LogP contribution in [0.4, 0.5) is 0 Å². The van der Waals surface area contributed by atoms with Crippen molar-refractivity contribution in [2.24, 2.45) is 5.92 Å². The van der Waals surface area contributed by atoms with E-state index in [1.165, 1.54) is 23.1 Å². The number of hydrogen-bond acceptors (Lipinski definition) is 2. The second-order valence-corrected chi connectivity index (χ2v) is 4.99. The van der Waals surface area contributed by atoms with Crippen molar-refractivity contribution in [1.82, 2.24) is 5.32 Å². The van der Waals surface area contributed by atoms with Gasteiger partial charge in [0.15, 0.2) is 0 Å². The van der Waals surface area contributed by atoms with Gasteiger partial charge in [-0.1, -0.05) is 19.1 Å². The van der Waals surface area contributed by atoms with Gasteiger partial charge < -0.3 is 10.1 Å². The summed E-state index contributed by atoms with van der Waals surface area (Å²) in [6.45, 7) is 7.67. The topological polar surface area (TPSA) is 21.3 Å². The molecule has 1 saturated heterocycles. The largest absolute Gasteiger partial charge is 0.496 e. The molecular formula is C14H21NO. The number of ether oxygens (including phenoxy) is 1. The van der Waals surface area contributed by atoms with Gasteiger partial charge in [-0.3, -0.25) is 0 Å². The molecule has 1 fully saturated rings. The SMILES string of the molecule is COc1c(C)cc([C@@H]2C[C@H](C)CN2)cc1C. The fourth-order valence-electron chi connectivity index (χ4n) is 2.67. The van der Waals surface area contributed by atoms with Crippen LogP contribution in [0.25, 0.3) is 0 Å². The number of rotatable bonds is 2. The van der Waals surface area contributed by atoms with E-state index in [4.69, 9.17) is 4.74 Å². The van der Waals surface area contributed by atoms with Crippen LogP contribution in [0.15, 0.2) is 12.1 Å². The second kappa shape index (κ2) is 4.46. The first-order valence-corrected chi connectivity index (χ1v) is 6.00. The molecule has 1 aromatic rings. The summed E-state index contributed by atoms with van der Waals surface area (Å²) in [6, 6.07) is 5.03. The minimum Gasteiger partial charge on any atom is -0.496 e. The Balaban J connectivity index is 2.29. The lowest BCUT2D eigenvalue weighted by Crippen LogP contribution is -2.13. The maximum atomic E-state index is 5.39. The number of benzene rings is 1. The third-order valence-electron chi connectivity index (χ3n) is 3.44. The lowest BCUT2D eigenvalue weighted by molar-refractivity contribution is 0.408. The molecule has 1 aliphatic rings. The van der Waals surface area contributed by atoms with Gasteiger partial charge >= 0.3 is 0 Å². The predicted octanol–water partition coefficient (Wildman–Crippen LogP) is 2.98. The first kappa shape index (κ1) is 11.5. The molecule has 2 rings (SSSR count). The fraction of sp³-hybridized carbons (Fsp3) is 0.571. The van der Waals surface area contributed by atoms with Crippen molar-refractivity contribution in [3.8, 4) is 5.75 Å². The zero-order chi connectivity index (χ0) is 11.7. The average molecular weight is 219 g/mol. The Morgan fingerprint density at radius 2 is 1.88 bits per heavy atom. The van der Waals surface area contributed by atoms with Crippen LogP contribution in [0.2, 0.25) is 0 Å². The zero-order valence-corrected chi connectivity index (χ0v) is 10.6. The lowest BCUT2D eigenvalue weighted by atomic mass is 9.97. The van der Waals surface area contributed by atoms with E-state index in [1.54, 1.807) is 7.11 Å². The third-order valence-corrected chi connectivity index (χ3v) is 3.44. The van der Waals surface area contributed by atoms with Crippen molar-refractivity contribution in [3.63, 3.8) is 0 Å². The van der Waals surface area contributed by atoms with Gasteiger partial charge in [0, 0.05) is 6.04 Å². The highest BCUT2D eigenvalue weighted by molar-refractivity contribution is 5.44. The predicted molar refractivity (Wildman–Crippen MR) is 67.0 cm³/mol. The highest BCUT2D eigenvalue weighted by atomic mass is 16.5. The molecule has 1 aliphatic heterocycles. The summed E-state index contributed by atoms with van der Waals surface area (Å²) in [5, 5.41) is 3.57. The Morgan fingerprint density at radius 1 is 1.25 bits per heavy atom. The van der Waals surface area contributed by atoms with Gasteiger partial charge in [0.25, 0.3) is 0 Å². The molecular weight excluding hydrogens is 198 g/mol. The van der Waals surface area contributed by atoms with Gasteiger partial charge in [0.1, 0.15) is 5.75 Å². The van der Waals surface area contributed by atoms with Crippen molar-refractivity contribution in [3.05, 3.63) is 28.8 Å². The third kappa shape index (κ3) is 2.07. The minimum atomic E-state index is 0.526. The van der Waals surface area contributed by atoms with Crippen molar-refractivity contribution < 1.29 is 4.74 Å². The number of nitrogens with one attached hydrogen (secondary N) is 1. The molecule has 1 N–H and O–H groups in total. The lowest BCUT2D eigenvalue weighted by Gasteiger charge is -2.15. The van der Waals surface area contributed by atoms with Crippen LogP contribution in [-0.2, 0) is 0 Å². The molecule has 2 nitrogen and oxygen atoms in total. The standard InChI is InChI=1S/C14H21NO/c1-9-5-13(15-8-9)12-6-10(2)14(16-4)11(3)7-12/h6-7,9,13,15H,5,8H2,1-4H3/t9-,13-/m0/s1. The van der Waals surface area contributed by atoms with E-state index in [2.05, 4.69) is 38.2 Å². The molecule has 0 saturated carbocycles. The maximum Gasteiger partial charge on any atom is 0.124 e. The van der Waals surface area contributed by atoms with E-state index in [0.717, 1.165) is 18.2 Å². The molecule has 1 aromatic carbocycles. The molecule has 88 valence electrons. The van der Waals surface area contributed by atoms with E-state index in [1.807, 2.05) is 0 Å². The van der Waals surface area contributed by atoms with Crippen molar-refractivity contribution in [1.29, 1.82) is 0 Å². The van der Waals surface area contributed by atoms with Gasteiger partial charge in [-0.05, 0) is 49.4 Å². The van der Waals surface area contributed by atoms with E-state index in [-0.39, 0.29) is 0 Å². The molecule has 0 unspecified atom stereocenters. The Kier molecular flexibility index (Phi) is 3.20. The minimum absolute atomic E-state index is 0.526. The number of methoxy groups -OCH3 is 1. The fourth-order valence-corrected chi connectivity index (χ4v) is 2.67. The first-order valence-electron chi connectivity index (χ1n) is 6.00. The quantitative estimate of drug-likeness (QED) is 0.825. The summed E-state index contributed by atoms with van der Waals surface area (Å²) in [7, 11) is 1.74. The number of aryl methyl sites for hydroxylation is 2. The summed E-state index contributed by atoms with van der Waals surface area (Å²) in [5.41, 5.74) is 3.87. The average Bonchev–Trinajstić information content (AvgIpc) is 2.64. The van der Waals surface area contributed by atoms with Crippen LogP contribution >= 0.6 is 0 Å². The highest BCUT2D eigenvalue weighted by Crippen LogP contribution is 2.32. The second-order valence-electron chi connectivity index (χ2n) is 4.99. The molecule has 0 bridgehead atoms. The van der Waals surface area contributed by atoms with E-state index in [9.17, 15) is 0 Å². The molecule has 0 spiro atoms. The Morgan fingerprint density at radius 3 is 2.31 bits per heavy atom. The van der Waals surface area contributed by atoms with Crippen molar-refractivity contribution in [2.75, 3.05) is 13.7 Å². The summed E-state index contributed by atoms with van der Waals surface area (Å²) in [4.78, 5) is 0. The highest BCUT2D eigenvalue weighted by Gasteiger charge is 2.22. The van der Waals surface area contributed by atoms with Crippen LogP contribution in [0.3, 0.4) is 0 Å². The molecule has 0 amide bonds. The molecule has 2 heteroatoms. The zero-order valence-electron chi connectivity index (χ0n) is 10.6. The van der Waals surface area contributed by atoms with Gasteiger partial charge in [0.2, 0.25) is 0 Å². The number of hydrogen-bond donors (Lipinski definition) is 1. The van der Waals surface area contributed by atoms with Gasteiger partial charge in [0.05, 0.1) is 7.11 Å². The van der Waals surface area contributed by atoms with Crippen LogP contribution < -0.4 is 10.1 Å². The van der Waals surface area contributed by atoms with Crippen LogP contribution in [-0.4, -0.2) is 13.7 Å². The first-order chi connectivity index (χ1) is 7.61. The normalized spacial score (nSPS) is 24.8. The van der Waals surface area contributed by atoms with E-state index >= 15 is 0 Å². The van der Waals surface area contributed by atoms with Crippen LogP contribution in [0.1, 0.15) is 36.1 Å². The smallest absolute Gasteiger partial charge is 0.124 e. The van der Waals surface area contributed by atoms with Gasteiger partial charge in [-0.2, -0.15) is 0 Å². The van der Waals surface area contributed by atoms with Crippen LogP contribution in [0, 0.1) is 19.8 Å². The van der Waals surface area contributed by atoms with Crippen molar-refractivity contribution in [2.45, 2.75) is 33.2 Å². The molecule has 0 aromatic heterocycles. The molecule has 16 heavy (non-hydrogen) atoms. The Labute approximate surface area is 98.0 Å². The maximum absolute atomic E-state index is 5.39. The van der Waals surface area contributed by atoms with Crippen LogP contribution in [0.5, 0.6) is 5.75 Å². The molecule has 2 atom stereocenters. The monoisotopic (exact) mass is 219 g/mol.